The predicted molar refractivity (Wildman–Crippen MR) is 58.3 cm³/mol. The summed E-state index contributed by atoms with van der Waals surface area (Å²) in [6, 6.07) is 3.96. The van der Waals surface area contributed by atoms with Gasteiger partial charge in [0.2, 0.25) is 5.91 Å². The SMILES string of the molecule is CC(CC(N)=O)Nc1cc(F)cc(Cl)c1. The second kappa shape index (κ2) is 4.98. The highest BCUT2D eigenvalue weighted by Crippen LogP contribution is 2.19. The summed E-state index contributed by atoms with van der Waals surface area (Å²) in [4.78, 5) is 10.6. The highest BCUT2D eigenvalue weighted by atomic mass is 35.5. The summed E-state index contributed by atoms with van der Waals surface area (Å²) in [5.74, 6) is -0.825. The number of carbonyl (C=O) groups excluding carboxylic acids is 1. The van der Waals surface area contributed by atoms with Crippen molar-refractivity contribution in [3.8, 4) is 0 Å². The van der Waals surface area contributed by atoms with Crippen LogP contribution >= 0.6 is 11.6 Å². The summed E-state index contributed by atoms with van der Waals surface area (Å²) in [6.45, 7) is 1.78. The zero-order valence-corrected chi connectivity index (χ0v) is 9.01. The quantitative estimate of drug-likeness (QED) is 0.833. The fourth-order valence-corrected chi connectivity index (χ4v) is 1.50. The summed E-state index contributed by atoms with van der Waals surface area (Å²) in [6.07, 6.45) is 0.189. The molecule has 1 rings (SSSR count). The number of nitrogens with one attached hydrogen (secondary N) is 1. The molecule has 1 aromatic rings. The number of nitrogens with two attached hydrogens (primary N) is 1. The fourth-order valence-electron chi connectivity index (χ4n) is 1.27. The average Bonchev–Trinajstić information content (AvgIpc) is 1.98. The van der Waals surface area contributed by atoms with Crippen LogP contribution in [0.2, 0.25) is 5.02 Å². The van der Waals surface area contributed by atoms with E-state index in [0.717, 1.165) is 0 Å². The van der Waals surface area contributed by atoms with Gasteiger partial charge in [-0.15, -0.1) is 0 Å². The molecule has 0 aromatic heterocycles. The van der Waals surface area contributed by atoms with Crippen LogP contribution in [0.15, 0.2) is 18.2 Å². The number of amides is 1. The predicted octanol–water partition coefficient (Wildman–Crippen LogP) is 2.15. The average molecular weight is 231 g/mol. The zero-order valence-electron chi connectivity index (χ0n) is 8.26. The Morgan fingerprint density at radius 1 is 1.60 bits per heavy atom. The Bertz CT molecular complexity index is 350. The van der Waals surface area contributed by atoms with Gasteiger partial charge < -0.3 is 11.1 Å². The summed E-state index contributed by atoms with van der Waals surface area (Å²) in [7, 11) is 0. The van der Waals surface area contributed by atoms with Gasteiger partial charge in [0.15, 0.2) is 0 Å². The minimum atomic E-state index is -0.420. The maximum Gasteiger partial charge on any atom is 0.219 e. The van der Waals surface area contributed by atoms with Crippen LogP contribution in [-0.2, 0) is 4.79 Å². The number of carbonyl (C=O) groups is 1. The van der Waals surface area contributed by atoms with Crippen molar-refractivity contribution in [1.29, 1.82) is 0 Å². The van der Waals surface area contributed by atoms with Crippen molar-refractivity contribution in [3.63, 3.8) is 0 Å². The van der Waals surface area contributed by atoms with Crippen molar-refractivity contribution in [2.75, 3.05) is 5.32 Å². The van der Waals surface area contributed by atoms with Crippen LogP contribution in [0.3, 0.4) is 0 Å². The van der Waals surface area contributed by atoms with Gasteiger partial charge in [0.05, 0.1) is 0 Å². The first-order chi connectivity index (χ1) is 6.97. The third-order valence-corrected chi connectivity index (χ3v) is 2.00. The maximum atomic E-state index is 12.9. The number of anilines is 1. The van der Waals surface area contributed by atoms with Gasteiger partial charge in [0.1, 0.15) is 5.82 Å². The van der Waals surface area contributed by atoms with Crippen molar-refractivity contribution in [1.82, 2.24) is 0 Å². The molecular formula is C10H12ClFN2O. The van der Waals surface area contributed by atoms with Crippen LogP contribution < -0.4 is 11.1 Å². The number of halogens is 2. The normalized spacial score (nSPS) is 12.2. The van der Waals surface area contributed by atoms with Crippen molar-refractivity contribution in [2.24, 2.45) is 5.73 Å². The van der Waals surface area contributed by atoms with Gasteiger partial charge in [-0.3, -0.25) is 4.79 Å². The molecule has 1 amide bonds. The molecular weight excluding hydrogens is 219 g/mol. The molecule has 0 spiro atoms. The molecule has 0 aliphatic rings. The maximum absolute atomic E-state index is 12.9. The van der Waals surface area contributed by atoms with E-state index in [2.05, 4.69) is 5.32 Å². The Kier molecular flexibility index (Phi) is 3.91. The number of hydrogen-bond donors (Lipinski definition) is 2. The van der Waals surface area contributed by atoms with Crippen molar-refractivity contribution >= 4 is 23.2 Å². The Hall–Kier alpha value is -1.29. The largest absolute Gasteiger partial charge is 0.382 e. The van der Waals surface area contributed by atoms with Gasteiger partial charge in [-0.1, -0.05) is 11.6 Å². The van der Waals surface area contributed by atoms with Crippen LogP contribution in [0, 0.1) is 5.82 Å². The lowest BCUT2D eigenvalue weighted by Crippen LogP contribution is -2.23. The molecule has 15 heavy (non-hydrogen) atoms. The molecule has 1 unspecified atom stereocenters. The van der Waals surface area contributed by atoms with Crippen molar-refractivity contribution in [3.05, 3.63) is 29.0 Å². The van der Waals surface area contributed by atoms with Crippen LogP contribution in [0.4, 0.5) is 10.1 Å². The first-order valence-electron chi connectivity index (χ1n) is 4.48. The van der Waals surface area contributed by atoms with Crippen LogP contribution in [-0.4, -0.2) is 11.9 Å². The summed E-state index contributed by atoms with van der Waals surface area (Å²) < 4.78 is 12.9. The Morgan fingerprint density at radius 3 is 2.80 bits per heavy atom. The standard InChI is InChI=1S/C10H12ClFN2O/c1-6(2-10(13)15)14-9-4-7(11)3-8(12)5-9/h3-6,14H,2H2,1H3,(H2,13,15). The molecule has 0 heterocycles. The second-order valence-electron chi connectivity index (χ2n) is 3.37. The molecule has 82 valence electrons. The van der Waals surface area contributed by atoms with E-state index in [1.54, 1.807) is 13.0 Å². The van der Waals surface area contributed by atoms with E-state index in [4.69, 9.17) is 17.3 Å². The van der Waals surface area contributed by atoms with E-state index >= 15 is 0 Å². The Morgan fingerprint density at radius 2 is 2.27 bits per heavy atom. The summed E-state index contributed by atoms with van der Waals surface area (Å²) >= 11 is 5.67. The molecule has 0 fully saturated rings. The lowest BCUT2D eigenvalue weighted by molar-refractivity contribution is -0.118. The van der Waals surface area contributed by atoms with Gasteiger partial charge in [0, 0.05) is 23.2 Å². The molecule has 0 saturated heterocycles. The highest BCUT2D eigenvalue weighted by Gasteiger charge is 2.06. The lowest BCUT2D eigenvalue weighted by atomic mass is 10.2. The third-order valence-electron chi connectivity index (χ3n) is 1.78. The number of hydrogen-bond acceptors (Lipinski definition) is 2. The lowest BCUT2D eigenvalue weighted by Gasteiger charge is -2.13. The zero-order chi connectivity index (χ0) is 11.4. The molecule has 1 atom stereocenters. The number of benzene rings is 1. The van der Waals surface area contributed by atoms with E-state index in [0.29, 0.717) is 10.7 Å². The smallest absolute Gasteiger partial charge is 0.219 e. The summed E-state index contributed by atoms with van der Waals surface area (Å²) in [5, 5.41) is 3.24. The number of rotatable bonds is 4. The van der Waals surface area contributed by atoms with E-state index in [-0.39, 0.29) is 12.5 Å². The van der Waals surface area contributed by atoms with E-state index in [9.17, 15) is 9.18 Å². The topological polar surface area (TPSA) is 55.1 Å². The first kappa shape index (κ1) is 11.8. The fraction of sp³-hybridized carbons (Fsp3) is 0.300. The monoisotopic (exact) mass is 230 g/mol. The number of primary amides is 1. The van der Waals surface area contributed by atoms with E-state index < -0.39 is 11.7 Å². The highest BCUT2D eigenvalue weighted by molar-refractivity contribution is 6.30. The van der Waals surface area contributed by atoms with Gasteiger partial charge in [0.25, 0.3) is 0 Å². The molecule has 0 bridgehead atoms. The Balaban J connectivity index is 2.67. The molecule has 0 aliphatic heterocycles. The third kappa shape index (κ3) is 4.16. The molecule has 0 radical (unpaired) electrons. The molecule has 5 heteroatoms. The molecule has 3 nitrogen and oxygen atoms in total. The molecule has 0 aliphatic carbocycles. The molecule has 1 aromatic carbocycles. The summed E-state index contributed by atoms with van der Waals surface area (Å²) in [5.41, 5.74) is 5.56. The minimum absolute atomic E-state index is 0.152. The van der Waals surface area contributed by atoms with Gasteiger partial charge in [-0.05, 0) is 25.1 Å². The van der Waals surface area contributed by atoms with Crippen molar-refractivity contribution < 1.29 is 9.18 Å². The van der Waals surface area contributed by atoms with E-state index in [1.165, 1.54) is 12.1 Å². The molecule has 0 saturated carbocycles. The molecule has 3 N–H and O–H groups in total. The first-order valence-corrected chi connectivity index (χ1v) is 4.86. The van der Waals surface area contributed by atoms with Crippen molar-refractivity contribution in [2.45, 2.75) is 19.4 Å². The minimum Gasteiger partial charge on any atom is -0.382 e. The van der Waals surface area contributed by atoms with E-state index in [1.807, 2.05) is 0 Å². The van der Waals surface area contributed by atoms with Crippen LogP contribution in [0.1, 0.15) is 13.3 Å². The van der Waals surface area contributed by atoms with Crippen LogP contribution in [0.5, 0.6) is 0 Å². The van der Waals surface area contributed by atoms with Crippen LogP contribution in [0.25, 0.3) is 0 Å². The van der Waals surface area contributed by atoms with Gasteiger partial charge in [-0.25, -0.2) is 4.39 Å². The second-order valence-corrected chi connectivity index (χ2v) is 3.81. The van der Waals surface area contributed by atoms with Gasteiger partial charge in [-0.2, -0.15) is 0 Å². The van der Waals surface area contributed by atoms with Gasteiger partial charge >= 0.3 is 0 Å². The Labute approximate surface area is 92.4 Å².